The molecule has 3 nitrogen and oxygen atoms in total. The van der Waals surface area contributed by atoms with Crippen molar-refractivity contribution in [2.24, 2.45) is 0 Å². The number of hydrogen-bond acceptors (Lipinski definition) is 4. The van der Waals surface area contributed by atoms with Crippen molar-refractivity contribution in [3.63, 3.8) is 0 Å². The summed E-state index contributed by atoms with van der Waals surface area (Å²) < 4.78 is 5.19. The lowest BCUT2D eigenvalue weighted by Gasteiger charge is -2.24. The van der Waals surface area contributed by atoms with Crippen LogP contribution < -0.4 is 5.32 Å². The average Bonchev–Trinajstić information content (AvgIpc) is 2.27. The molecule has 0 radical (unpaired) electrons. The van der Waals surface area contributed by atoms with E-state index in [2.05, 4.69) is 10.3 Å². The summed E-state index contributed by atoms with van der Waals surface area (Å²) in [4.78, 5) is 4.20. The summed E-state index contributed by atoms with van der Waals surface area (Å²) in [6.45, 7) is 4.09. The maximum Gasteiger partial charge on any atom is 0.256 e. The van der Waals surface area contributed by atoms with E-state index in [-0.39, 0.29) is 0 Å². The monoisotopic (exact) mass is 170 g/mol. The van der Waals surface area contributed by atoms with Crippen molar-refractivity contribution in [3.8, 4) is 0 Å². The summed E-state index contributed by atoms with van der Waals surface area (Å²) >= 11 is 1.71. The van der Waals surface area contributed by atoms with E-state index in [1.54, 1.807) is 18.0 Å². The van der Waals surface area contributed by atoms with Gasteiger partial charge in [-0.15, -0.1) is 0 Å². The van der Waals surface area contributed by atoms with Crippen molar-refractivity contribution in [1.29, 1.82) is 0 Å². The van der Waals surface area contributed by atoms with Gasteiger partial charge in [0.2, 0.25) is 0 Å². The predicted octanol–water partition coefficient (Wildman–Crippen LogP) is 1.05. The zero-order chi connectivity index (χ0) is 7.68. The zero-order valence-electron chi connectivity index (χ0n) is 6.33. The maximum absolute atomic E-state index is 5.19. The van der Waals surface area contributed by atoms with Gasteiger partial charge in [-0.3, -0.25) is 0 Å². The van der Waals surface area contributed by atoms with Crippen LogP contribution in [0.15, 0.2) is 15.9 Å². The van der Waals surface area contributed by atoms with E-state index in [4.69, 9.17) is 4.42 Å². The molecule has 1 aliphatic rings. The third kappa shape index (κ3) is 1.57. The summed E-state index contributed by atoms with van der Waals surface area (Å²) in [5, 5.41) is 4.66. The molecule has 0 aromatic carbocycles. The van der Waals surface area contributed by atoms with Crippen LogP contribution in [-0.2, 0) is 0 Å². The number of nitrogens with one attached hydrogen (secondary N) is 1. The van der Waals surface area contributed by atoms with Crippen LogP contribution in [0.3, 0.4) is 0 Å². The van der Waals surface area contributed by atoms with Gasteiger partial charge in [0, 0.05) is 18.3 Å². The van der Waals surface area contributed by atoms with Gasteiger partial charge in [-0.25, -0.2) is 4.98 Å². The topological polar surface area (TPSA) is 38.1 Å². The van der Waals surface area contributed by atoms with Crippen LogP contribution >= 0.6 is 11.8 Å². The Balaban J connectivity index is 1.95. The quantitative estimate of drug-likeness (QED) is 0.720. The molecule has 1 saturated heterocycles. The summed E-state index contributed by atoms with van der Waals surface area (Å²) in [5.74, 6) is 0. The third-order valence-electron chi connectivity index (χ3n) is 1.61. The van der Waals surface area contributed by atoms with Gasteiger partial charge >= 0.3 is 0 Å². The van der Waals surface area contributed by atoms with Crippen molar-refractivity contribution in [2.45, 2.75) is 17.4 Å². The highest BCUT2D eigenvalue weighted by Crippen LogP contribution is 2.24. The van der Waals surface area contributed by atoms with Crippen molar-refractivity contribution >= 4 is 11.8 Å². The Morgan fingerprint density at radius 3 is 3.00 bits per heavy atom. The Morgan fingerprint density at radius 1 is 1.73 bits per heavy atom. The van der Waals surface area contributed by atoms with Crippen molar-refractivity contribution in [1.82, 2.24) is 10.3 Å². The van der Waals surface area contributed by atoms with Crippen LogP contribution in [0.5, 0.6) is 0 Å². The van der Waals surface area contributed by atoms with E-state index < -0.39 is 0 Å². The summed E-state index contributed by atoms with van der Waals surface area (Å²) in [5.41, 5.74) is 0.958. The molecule has 1 aliphatic heterocycles. The van der Waals surface area contributed by atoms with Gasteiger partial charge < -0.3 is 9.73 Å². The first-order valence-corrected chi connectivity index (χ1v) is 4.52. The number of rotatable bonds is 2. The molecular formula is C7H10N2OS. The smallest absolute Gasteiger partial charge is 0.256 e. The standard InChI is InChI=1S/C7H10N2OS/c1-5-4-10-7(9-5)11-6-2-8-3-6/h4,6,8H,2-3H2,1H3. The second-order valence-corrected chi connectivity index (χ2v) is 3.90. The van der Waals surface area contributed by atoms with Gasteiger partial charge in [-0.05, 0) is 6.92 Å². The van der Waals surface area contributed by atoms with Gasteiger partial charge in [0.25, 0.3) is 5.22 Å². The Labute approximate surface area is 69.6 Å². The summed E-state index contributed by atoms with van der Waals surface area (Å²) in [6, 6.07) is 0. The molecule has 0 unspecified atom stereocenters. The van der Waals surface area contributed by atoms with Crippen LogP contribution in [0.25, 0.3) is 0 Å². The molecule has 1 N–H and O–H groups in total. The lowest BCUT2D eigenvalue weighted by atomic mass is 10.3. The van der Waals surface area contributed by atoms with Gasteiger partial charge in [-0.2, -0.15) is 0 Å². The fourth-order valence-electron chi connectivity index (χ4n) is 0.875. The van der Waals surface area contributed by atoms with E-state index >= 15 is 0 Å². The van der Waals surface area contributed by atoms with Crippen molar-refractivity contribution < 1.29 is 4.42 Å². The number of thioether (sulfide) groups is 1. The summed E-state index contributed by atoms with van der Waals surface area (Å²) in [7, 11) is 0. The highest BCUT2D eigenvalue weighted by Gasteiger charge is 2.19. The number of aromatic nitrogens is 1. The molecule has 0 saturated carbocycles. The Morgan fingerprint density at radius 2 is 2.55 bits per heavy atom. The van der Waals surface area contributed by atoms with E-state index in [1.807, 2.05) is 6.92 Å². The highest BCUT2D eigenvalue weighted by atomic mass is 32.2. The van der Waals surface area contributed by atoms with Gasteiger partial charge in [0.15, 0.2) is 0 Å². The van der Waals surface area contributed by atoms with Gasteiger partial charge in [-0.1, -0.05) is 11.8 Å². The molecule has 60 valence electrons. The molecule has 2 rings (SSSR count). The highest BCUT2D eigenvalue weighted by molar-refractivity contribution is 7.99. The van der Waals surface area contributed by atoms with E-state index in [9.17, 15) is 0 Å². The minimum atomic E-state index is 0.660. The fourth-order valence-corrected chi connectivity index (χ4v) is 1.86. The molecule has 1 aromatic heterocycles. The predicted molar refractivity (Wildman–Crippen MR) is 43.8 cm³/mol. The minimum absolute atomic E-state index is 0.660. The first-order chi connectivity index (χ1) is 5.34. The SMILES string of the molecule is Cc1coc(SC2CNC2)n1. The van der Waals surface area contributed by atoms with Gasteiger partial charge in [0.05, 0.1) is 5.69 Å². The second-order valence-electron chi connectivity index (χ2n) is 2.65. The van der Waals surface area contributed by atoms with E-state index in [0.29, 0.717) is 5.25 Å². The molecular weight excluding hydrogens is 160 g/mol. The molecule has 1 fully saturated rings. The number of nitrogens with zero attached hydrogens (tertiary/aromatic N) is 1. The Bertz CT molecular complexity index is 244. The Hall–Kier alpha value is -0.480. The van der Waals surface area contributed by atoms with Crippen LogP contribution in [0, 0.1) is 6.92 Å². The van der Waals surface area contributed by atoms with E-state index in [0.717, 1.165) is 24.0 Å². The molecule has 0 amide bonds. The molecule has 0 spiro atoms. The van der Waals surface area contributed by atoms with Crippen LogP contribution in [0.2, 0.25) is 0 Å². The summed E-state index contributed by atoms with van der Waals surface area (Å²) in [6.07, 6.45) is 1.69. The van der Waals surface area contributed by atoms with Crippen molar-refractivity contribution in [3.05, 3.63) is 12.0 Å². The lowest BCUT2D eigenvalue weighted by molar-refractivity contribution is 0.448. The molecule has 1 aromatic rings. The third-order valence-corrected chi connectivity index (χ3v) is 2.67. The van der Waals surface area contributed by atoms with Crippen LogP contribution in [-0.4, -0.2) is 23.3 Å². The molecule has 11 heavy (non-hydrogen) atoms. The van der Waals surface area contributed by atoms with Crippen LogP contribution in [0.4, 0.5) is 0 Å². The minimum Gasteiger partial charge on any atom is -0.440 e. The number of hydrogen-bond donors (Lipinski definition) is 1. The average molecular weight is 170 g/mol. The molecule has 0 atom stereocenters. The first-order valence-electron chi connectivity index (χ1n) is 3.64. The van der Waals surface area contributed by atoms with Gasteiger partial charge in [0.1, 0.15) is 6.26 Å². The van der Waals surface area contributed by atoms with Crippen molar-refractivity contribution in [2.75, 3.05) is 13.1 Å². The molecule has 4 heteroatoms. The largest absolute Gasteiger partial charge is 0.440 e. The maximum atomic E-state index is 5.19. The second kappa shape index (κ2) is 2.87. The number of aryl methyl sites for hydroxylation is 1. The van der Waals surface area contributed by atoms with Crippen LogP contribution in [0.1, 0.15) is 5.69 Å². The molecule has 0 aliphatic carbocycles. The van der Waals surface area contributed by atoms with E-state index in [1.165, 1.54) is 0 Å². The lowest BCUT2D eigenvalue weighted by Crippen LogP contribution is -2.44. The molecule has 2 heterocycles. The first kappa shape index (κ1) is 7.18. The zero-order valence-corrected chi connectivity index (χ0v) is 7.15. The Kier molecular flexibility index (Phi) is 1.87. The number of oxazole rings is 1. The molecule has 0 bridgehead atoms. The fraction of sp³-hybridized carbons (Fsp3) is 0.571. The normalized spacial score (nSPS) is 18.3.